The van der Waals surface area contributed by atoms with Crippen LogP contribution in [0.15, 0.2) is 35.2 Å². The topological polar surface area (TPSA) is 64.4 Å². The van der Waals surface area contributed by atoms with E-state index in [0.717, 1.165) is 17.0 Å². The second-order valence-electron chi connectivity index (χ2n) is 3.84. The molecule has 0 radical (unpaired) electrons. The van der Waals surface area contributed by atoms with Crippen molar-refractivity contribution in [3.8, 4) is 0 Å². The fourth-order valence-electron chi connectivity index (χ4n) is 1.62. The number of carbonyl (C=O) groups is 1. The third-order valence-corrected chi connectivity index (χ3v) is 2.58. The fourth-order valence-corrected chi connectivity index (χ4v) is 1.62. The van der Waals surface area contributed by atoms with E-state index >= 15 is 0 Å². The molecule has 0 atom stereocenters. The van der Waals surface area contributed by atoms with Crippen molar-refractivity contribution < 1.29 is 13.9 Å². The first-order chi connectivity index (χ1) is 8.70. The SMILES string of the molecule is COC(=O)c1ccc(NCc2cnco2)c(C)c1. The standard InChI is InChI=1S/C13H14N2O3/c1-9-5-10(13(16)17-2)3-4-12(9)15-7-11-6-14-8-18-11/h3-6,8,15H,7H2,1-2H3. The quantitative estimate of drug-likeness (QED) is 0.839. The molecule has 0 saturated heterocycles. The Balaban J connectivity index is 2.08. The van der Waals surface area contributed by atoms with Crippen molar-refractivity contribution in [2.24, 2.45) is 0 Å². The molecule has 1 aromatic carbocycles. The number of methoxy groups -OCH3 is 1. The molecule has 0 saturated carbocycles. The summed E-state index contributed by atoms with van der Waals surface area (Å²) in [6.07, 6.45) is 3.05. The van der Waals surface area contributed by atoms with Gasteiger partial charge in [-0.3, -0.25) is 0 Å². The Morgan fingerprint density at radius 2 is 2.33 bits per heavy atom. The smallest absolute Gasteiger partial charge is 0.337 e. The number of rotatable bonds is 4. The Morgan fingerprint density at radius 1 is 1.50 bits per heavy atom. The number of carbonyl (C=O) groups excluding carboxylic acids is 1. The summed E-state index contributed by atoms with van der Waals surface area (Å²) in [6.45, 7) is 2.48. The molecule has 0 bridgehead atoms. The number of oxazole rings is 1. The number of hydrogen-bond donors (Lipinski definition) is 1. The lowest BCUT2D eigenvalue weighted by Gasteiger charge is -2.09. The van der Waals surface area contributed by atoms with Crippen LogP contribution < -0.4 is 5.32 Å². The molecule has 5 heteroatoms. The van der Waals surface area contributed by atoms with E-state index in [0.29, 0.717) is 12.1 Å². The number of hydrogen-bond acceptors (Lipinski definition) is 5. The molecule has 1 heterocycles. The zero-order valence-corrected chi connectivity index (χ0v) is 10.3. The van der Waals surface area contributed by atoms with Crippen molar-refractivity contribution in [2.75, 3.05) is 12.4 Å². The van der Waals surface area contributed by atoms with Crippen molar-refractivity contribution in [3.05, 3.63) is 47.7 Å². The van der Waals surface area contributed by atoms with Gasteiger partial charge in [0.15, 0.2) is 6.39 Å². The van der Waals surface area contributed by atoms with Gasteiger partial charge in [0.2, 0.25) is 0 Å². The maximum absolute atomic E-state index is 11.4. The van der Waals surface area contributed by atoms with Gasteiger partial charge in [-0.05, 0) is 30.7 Å². The molecular weight excluding hydrogens is 232 g/mol. The Bertz CT molecular complexity index is 535. The molecule has 2 aromatic rings. The van der Waals surface area contributed by atoms with Gasteiger partial charge < -0.3 is 14.5 Å². The third-order valence-electron chi connectivity index (χ3n) is 2.58. The largest absolute Gasteiger partial charge is 0.465 e. The molecule has 0 aliphatic rings. The molecule has 0 aliphatic heterocycles. The minimum atomic E-state index is -0.333. The summed E-state index contributed by atoms with van der Waals surface area (Å²) < 4.78 is 9.79. The Kier molecular flexibility index (Phi) is 3.62. The number of aryl methyl sites for hydroxylation is 1. The van der Waals surface area contributed by atoms with Gasteiger partial charge in [0.1, 0.15) is 5.76 Å². The second-order valence-corrected chi connectivity index (χ2v) is 3.84. The maximum Gasteiger partial charge on any atom is 0.337 e. The van der Waals surface area contributed by atoms with E-state index in [9.17, 15) is 4.79 Å². The van der Waals surface area contributed by atoms with Crippen LogP contribution in [0.5, 0.6) is 0 Å². The van der Waals surface area contributed by atoms with Crippen molar-refractivity contribution in [1.82, 2.24) is 4.98 Å². The molecule has 0 unspecified atom stereocenters. The number of benzene rings is 1. The van der Waals surface area contributed by atoms with Crippen LogP contribution in [0.1, 0.15) is 21.7 Å². The molecule has 0 spiro atoms. The Morgan fingerprint density at radius 3 is 2.94 bits per heavy atom. The third kappa shape index (κ3) is 2.68. The predicted octanol–water partition coefficient (Wildman–Crippen LogP) is 2.38. The monoisotopic (exact) mass is 246 g/mol. The number of ether oxygens (including phenoxy) is 1. The zero-order valence-electron chi connectivity index (χ0n) is 10.3. The summed E-state index contributed by atoms with van der Waals surface area (Å²) in [6, 6.07) is 5.36. The Hall–Kier alpha value is -2.30. The van der Waals surface area contributed by atoms with Crippen LogP contribution in [-0.4, -0.2) is 18.1 Å². The van der Waals surface area contributed by atoms with Gasteiger partial charge in [-0.25, -0.2) is 9.78 Å². The first-order valence-electron chi connectivity index (χ1n) is 5.51. The maximum atomic E-state index is 11.4. The molecule has 94 valence electrons. The summed E-state index contributed by atoms with van der Waals surface area (Å²) in [5.41, 5.74) is 2.46. The van der Waals surface area contributed by atoms with E-state index in [1.165, 1.54) is 13.5 Å². The van der Waals surface area contributed by atoms with E-state index in [4.69, 9.17) is 4.42 Å². The van der Waals surface area contributed by atoms with Crippen molar-refractivity contribution in [2.45, 2.75) is 13.5 Å². The number of aromatic nitrogens is 1. The van der Waals surface area contributed by atoms with E-state index in [1.54, 1.807) is 18.3 Å². The first kappa shape index (κ1) is 12.2. The second kappa shape index (κ2) is 5.35. The van der Waals surface area contributed by atoms with Crippen LogP contribution in [-0.2, 0) is 11.3 Å². The van der Waals surface area contributed by atoms with Crippen molar-refractivity contribution in [1.29, 1.82) is 0 Å². The van der Waals surface area contributed by atoms with Gasteiger partial charge in [0.05, 0.1) is 25.4 Å². The molecule has 1 aromatic heterocycles. The number of anilines is 1. The van der Waals surface area contributed by atoms with Crippen molar-refractivity contribution >= 4 is 11.7 Å². The van der Waals surface area contributed by atoms with E-state index < -0.39 is 0 Å². The highest BCUT2D eigenvalue weighted by molar-refractivity contribution is 5.90. The lowest BCUT2D eigenvalue weighted by Crippen LogP contribution is -2.04. The van der Waals surface area contributed by atoms with Crippen molar-refractivity contribution in [3.63, 3.8) is 0 Å². The molecule has 0 aliphatic carbocycles. The van der Waals surface area contributed by atoms with E-state index in [1.807, 2.05) is 13.0 Å². The van der Waals surface area contributed by atoms with Crippen LogP contribution in [0.4, 0.5) is 5.69 Å². The molecule has 5 nitrogen and oxygen atoms in total. The first-order valence-corrected chi connectivity index (χ1v) is 5.51. The van der Waals surface area contributed by atoms with Crippen LogP contribution >= 0.6 is 0 Å². The highest BCUT2D eigenvalue weighted by atomic mass is 16.5. The molecule has 1 N–H and O–H groups in total. The average molecular weight is 246 g/mol. The fraction of sp³-hybridized carbons (Fsp3) is 0.231. The summed E-state index contributed by atoms with van der Waals surface area (Å²) >= 11 is 0. The number of nitrogens with one attached hydrogen (secondary N) is 1. The highest BCUT2D eigenvalue weighted by Gasteiger charge is 2.07. The van der Waals surface area contributed by atoms with Crippen LogP contribution in [0.2, 0.25) is 0 Å². The van der Waals surface area contributed by atoms with Gasteiger partial charge >= 0.3 is 5.97 Å². The predicted molar refractivity (Wildman–Crippen MR) is 66.3 cm³/mol. The summed E-state index contributed by atoms with van der Waals surface area (Å²) in [5.74, 6) is 0.423. The molecule has 0 fully saturated rings. The van der Waals surface area contributed by atoms with Crippen LogP contribution in [0, 0.1) is 6.92 Å². The molecule has 2 rings (SSSR count). The number of nitrogens with zero attached hydrogens (tertiary/aromatic N) is 1. The average Bonchev–Trinajstić information content (AvgIpc) is 2.89. The normalized spacial score (nSPS) is 10.1. The van der Waals surface area contributed by atoms with Gasteiger partial charge in [-0.15, -0.1) is 0 Å². The minimum absolute atomic E-state index is 0.333. The van der Waals surface area contributed by atoms with E-state index in [2.05, 4.69) is 15.0 Å². The molecular formula is C13H14N2O3. The lowest BCUT2D eigenvalue weighted by molar-refractivity contribution is 0.0600. The van der Waals surface area contributed by atoms with Gasteiger partial charge in [-0.2, -0.15) is 0 Å². The van der Waals surface area contributed by atoms with E-state index in [-0.39, 0.29) is 5.97 Å². The Labute approximate surface area is 105 Å². The van der Waals surface area contributed by atoms with Gasteiger partial charge in [-0.1, -0.05) is 0 Å². The minimum Gasteiger partial charge on any atom is -0.465 e. The zero-order chi connectivity index (χ0) is 13.0. The highest BCUT2D eigenvalue weighted by Crippen LogP contribution is 2.18. The number of esters is 1. The molecule has 0 amide bonds. The summed E-state index contributed by atoms with van der Waals surface area (Å²) in [7, 11) is 1.37. The summed E-state index contributed by atoms with van der Waals surface area (Å²) in [4.78, 5) is 15.2. The molecule has 18 heavy (non-hydrogen) atoms. The van der Waals surface area contributed by atoms with Crippen LogP contribution in [0.25, 0.3) is 0 Å². The van der Waals surface area contributed by atoms with Gasteiger partial charge in [0.25, 0.3) is 0 Å². The lowest BCUT2D eigenvalue weighted by atomic mass is 10.1. The van der Waals surface area contributed by atoms with Gasteiger partial charge in [0, 0.05) is 5.69 Å². The summed E-state index contributed by atoms with van der Waals surface area (Å²) in [5, 5.41) is 3.21. The van der Waals surface area contributed by atoms with Crippen LogP contribution in [0.3, 0.4) is 0 Å².